The summed E-state index contributed by atoms with van der Waals surface area (Å²) in [7, 11) is 0. The molecule has 1 amide bonds. The number of ketones is 1. The number of carbonyl (C=O) groups excluding carboxylic acids is 2. The lowest BCUT2D eigenvalue weighted by molar-refractivity contribution is -0.141. The Labute approximate surface area is 170 Å². The molecule has 3 aromatic rings. The highest BCUT2D eigenvalue weighted by Gasteiger charge is 2.50. The zero-order valence-corrected chi connectivity index (χ0v) is 16.1. The minimum absolute atomic E-state index is 0.160. The van der Waals surface area contributed by atoms with E-state index in [0.717, 1.165) is 11.1 Å². The summed E-state index contributed by atoms with van der Waals surface area (Å²) in [6, 6.07) is 26.5. The van der Waals surface area contributed by atoms with Gasteiger partial charge in [0.25, 0.3) is 5.91 Å². The summed E-state index contributed by atoms with van der Waals surface area (Å²) in [6.45, 7) is 0.453. The molecule has 4 rings (SSSR count). The van der Waals surface area contributed by atoms with Crippen LogP contribution in [0.25, 0.3) is 0 Å². The highest BCUT2D eigenvalue weighted by Crippen LogP contribution is 2.42. The molecule has 1 N–H and O–H groups in total. The van der Waals surface area contributed by atoms with Gasteiger partial charge in [-0.3, -0.25) is 9.59 Å². The van der Waals surface area contributed by atoms with Crippen molar-refractivity contribution in [1.29, 1.82) is 0 Å². The second-order valence-corrected chi connectivity index (χ2v) is 7.45. The lowest BCUT2D eigenvalue weighted by Gasteiger charge is -2.23. The van der Waals surface area contributed by atoms with Crippen LogP contribution in [0.2, 0.25) is 0 Å². The lowest BCUT2D eigenvalue weighted by Crippen LogP contribution is -2.42. The van der Waals surface area contributed by atoms with E-state index in [1.807, 2.05) is 72.8 Å². The number of Topliss-reactive ketones (excluding diaryl/α,β-unsaturated/α-hetero) is 1. The molecule has 1 heterocycles. The average molecular weight is 385 g/mol. The van der Waals surface area contributed by atoms with Crippen LogP contribution >= 0.6 is 0 Å². The number of amides is 1. The number of carbonyl (C=O) groups is 2. The van der Waals surface area contributed by atoms with Gasteiger partial charge < -0.3 is 10.0 Å². The fourth-order valence-electron chi connectivity index (χ4n) is 3.96. The quantitative estimate of drug-likeness (QED) is 0.675. The second kappa shape index (κ2) is 8.02. The van der Waals surface area contributed by atoms with Gasteiger partial charge in [0.2, 0.25) is 0 Å². The summed E-state index contributed by atoms with van der Waals surface area (Å²) in [4.78, 5) is 27.5. The largest absolute Gasteiger partial charge is 0.375 e. The smallest absolute Gasteiger partial charge is 0.264 e. The van der Waals surface area contributed by atoms with Crippen molar-refractivity contribution >= 4 is 17.4 Å². The second-order valence-electron chi connectivity index (χ2n) is 7.45. The first-order chi connectivity index (χ1) is 14.1. The normalized spacial score (nSPS) is 18.0. The fraction of sp³-hybridized carbons (Fsp3) is 0.200. The third-order valence-corrected chi connectivity index (χ3v) is 5.40. The van der Waals surface area contributed by atoms with E-state index in [1.165, 1.54) is 0 Å². The first-order valence-corrected chi connectivity index (χ1v) is 9.81. The van der Waals surface area contributed by atoms with Crippen molar-refractivity contribution in [3.63, 3.8) is 0 Å². The van der Waals surface area contributed by atoms with Crippen molar-refractivity contribution in [2.75, 3.05) is 11.4 Å². The number of nitrogens with zero attached hydrogens (tertiary/aromatic N) is 1. The van der Waals surface area contributed by atoms with Crippen molar-refractivity contribution < 1.29 is 14.7 Å². The van der Waals surface area contributed by atoms with Crippen molar-refractivity contribution in [2.45, 2.75) is 24.9 Å². The van der Waals surface area contributed by atoms with E-state index >= 15 is 0 Å². The first-order valence-electron chi connectivity index (χ1n) is 9.81. The molecule has 0 unspecified atom stereocenters. The van der Waals surface area contributed by atoms with Crippen molar-refractivity contribution in [1.82, 2.24) is 0 Å². The minimum Gasteiger partial charge on any atom is -0.375 e. The molecule has 0 aliphatic carbocycles. The van der Waals surface area contributed by atoms with Gasteiger partial charge in [0, 0.05) is 24.9 Å². The SMILES string of the molecule is O=C(Cc1ccccc1)C[C@]1(O)C(=O)N(CCc2ccccc2)c2ccccc21. The lowest BCUT2D eigenvalue weighted by atomic mass is 9.88. The fourth-order valence-corrected chi connectivity index (χ4v) is 3.96. The topological polar surface area (TPSA) is 57.6 Å². The Morgan fingerprint density at radius 1 is 0.828 bits per heavy atom. The Hall–Kier alpha value is -3.24. The van der Waals surface area contributed by atoms with E-state index < -0.39 is 11.5 Å². The maximum absolute atomic E-state index is 13.2. The molecule has 0 spiro atoms. The predicted molar refractivity (Wildman–Crippen MR) is 113 cm³/mol. The Morgan fingerprint density at radius 2 is 1.41 bits per heavy atom. The molecule has 0 bridgehead atoms. The third-order valence-electron chi connectivity index (χ3n) is 5.40. The number of anilines is 1. The van der Waals surface area contributed by atoms with Gasteiger partial charge in [-0.2, -0.15) is 0 Å². The predicted octanol–water partition coefficient (Wildman–Crippen LogP) is 3.67. The summed E-state index contributed by atoms with van der Waals surface area (Å²) in [6.07, 6.45) is 0.650. The highest BCUT2D eigenvalue weighted by atomic mass is 16.3. The van der Waals surface area contributed by atoms with Crippen LogP contribution in [0.4, 0.5) is 5.69 Å². The van der Waals surface area contributed by atoms with Crippen LogP contribution in [0.3, 0.4) is 0 Å². The van der Waals surface area contributed by atoms with Crippen LogP contribution in [0, 0.1) is 0 Å². The van der Waals surface area contributed by atoms with E-state index in [0.29, 0.717) is 24.2 Å². The van der Waals surface area contributed by atoms with Crippen LogP contribution < -0.4 is 4.90 Å². The zero-order valence-electron chi connectivity index (χ0n) is 16.1. The summed E-state index contributed by atoms with van der Waals surface area (Å²) in [5.74, 6) is -0.581. The molecule has 0 saturated heterocycles. The third kappa shape index (κ3) is 3.84. The first kappa shape index (κ1) is 19.1. The molecule has 0 fully saturated rings. The molecule has 146 valence electrons. The molecule has 3 aromatic carbocycles. The van der Waals surface area contributed by atoms with E-state index in [1.54, 1.807) is 17.0 Å². The van der Waals surface area contributed by atoms with Gasteiger partial charge in [-0.1, -0.05) is 78.9 Å². The van der Waals surface area contributed by atoms with E-state index in [9.17, 15) is 14.7 Å². The van der Waals surface area contributed by atoms with Crippen molar-refractivity contribution in [3.05, 3.63) is 102 Å². The van der Waals surface area contributed by atoms with Crippen LogP contribution in [0.15, 0.2) is 84.9 Å². The Bertz CT molecular complexity index is 1020. The van der Waals surface area contributed by atoms with Crippen LogP contribution in [-0.2, 0) is 28.0 Å². The zero-order chi connectivity index (χ0) is 20.3. The van der Waals surface area contributed by atoms with E-state index in [4.69, 9.17) is 0 Å². The number of hydrogen-bond acceptors (Lipinski definition) is 3. The number of benzene rings is 3. The van der Waals surface area contributed by atoms with Crippen LogP contribution in [-0.4, -0.2) is 23.3 Å². The molecule has 0 aromatic heterocycles. The van der Waals surface area contributed by atoms with Gasteiger partial charge >= 0.3 is 0 Å². The monoisotopic (exact) mass is 385 g/mol. The van der Waals surface area contributed by atoms with Gasteiger partial charge in [-0.05, 0) is 23.6 Å². The number of para-hydroxylation sites is 1. The minimum atomic E-state index is -1.81. The summed E-state index contributed by atoms with van der Waals surface area (Å²) in [5, 5.41) is 11.3. The average Bonchev–Trinajstić information content (AvgIpc) is 2.95. The number of fused-ring (bicyclic) bond motifs is 1. The van der Waals surface area contributed by atoms with Gasteiger partial charge in [0.15, 0.2) is 5.60 Å². The molecule has 1 aliphatic rings. The maximum Gasteiger partial charge on any atom is 0.264 e. The Balaban J connectivity index is 1.55. The molecule has 29 heavy (non-hydrogen) atoms. The Morgan fingerprint density at radius 3 is 2.10 bits per heavy atom. The van der Waals surface area contributed by atoms with E-state index in [-0.39, 0.29) is 18.6 Å². The maximum atomic E-state index is 13.2. The number of rotatable bonds is 7. The number of hydrogen-bond donors (Lipinski definition) is 1. The van der Waals surface area contributed by atoms with Gasteiger partial charge in [0.1, 0.15) is 5.78 Å². The number of aliphatic hydroxyl groups is 1. The molecule has 4 nitrogen and oxygen atoms in total. The van der Waals surface area contributed by atoms with Crippen LogP contribution in [0.5, 0.6) is 0 Å². The van der Waals surface area contributed by atoms with Gasteiger partial charge in [-0.15, -0.1) is 0 Å². The Kier molecular flexibility index (Phi) is 5.28. The van der Waals surface area contributed by atoms with Gasteiger partial charge in [-0.25, -0.2) is 0 Å². The summed E-state index contributed by atoms with van der Waals surface area (Å²) in [5.41, 5.74) is 1.39. The molecule has 0 radical (unpaired) electrons. The summed E-state index contributed by atoms with van der Waals surface area (Å²) >= 11 is 0. The standard InChI is InChI=1S/C25H23NO3/c27-21(17-20-11-5-2-6-12-20)18-25(29)22-13-7-8-14-23(22)26(24(25)28)16-15-19-9-3-1-4-10-19/h1-14,29H,15-18H2/t25-/m1/s1. The highest BCUT2D eigenvalue weighted by molar-refractivity contribution is 6.09. The summed E-state index contributed by atoms with van der Waals surface area (Å²) < 4.78 is 0. The molecular weight excluding hydrogens is 362 g/mol. The van der Waals surface area contributed by atoms with E-state index in [2.05, 4.69) is 0 Å². The van der Waals surface area contributed by atoms with Crippen LogP contribution in [0.1, 0.15) is 23.1 Å². The van der Waals surface area contributed by atoms with Gasteiger partial charge in [0.05, 0.1) is 5.69 Å². The molecule has 4 heteroatoms. The molecular formula is C25H23NO3. The molecule has 0 saturated carbocycles. The van der Waals surface area contributed by atoms with Crippen molar-refractivity contribution in [3.8, 4) is 0 Å². The molecule has 1 atom stereocenters. The molecule has 1 aliphatic heterocycles. The van der Waals surface area contributed by atoms with Crippen molar-refractivity contribution in [2.24, 2.45) is 0 Å².